The lowest BCUT2D eigenvalue weighted by Gasteiger charge is -2.50. The van der Waals surface area contributed by atoms with Crippen LogP contribution in [0.25, 0.3) is 11.3 Å². The number of nitrogens with zero attached hydrogens (tertiary/aromatic N) is 5. The summed E-state index contributed by atoms with van der Waals surface area (Å²) in [5.41, 5.74) is 1.90. The minimum Gasteiger partial charge on any atom is -0.423 e. The average Bonchev–Trinajstić information content (AvgIpc) is 3.46. The Kier molecular flexibility index (Phi) is 6.45. The van der Waals surface area contributed by atoms with Crippen LogP contribution >= 0.6 is 0 Å². The lowest BCUT2D eigenvalue weighted by Crippen LogP contribution is -2.64. The Morgan fingerprint density at radius 2 is 1.60 bits per heavy atom. The predicted octanol–water partition coefficient (Wildman–Crippen LogP) is 4.17. The van der Waals surface area contributed by atoms with Crippen molar-refractivity contribution in [1.82, 2.24) is 24.6 Å². The number of carbonyl (C=O) groups excluding carboxylic acids is 3. The third-order valence-corrected chi connectivity index (χ3v) is 9.25. The van der Waals surface area contributed by atoms with Crippen LogP contribution in [-0.2, 0) is 16.1 Å². The number of rotatable bonds is 7. The van der Waals surface area contributed by atoms with Gasteiger partial charge in [0.2, 0.25) is 11.8 Å². The van der Waals surface area contributed by atoms with Gasteiger partial charge in [0.15, 0.2) is 5.76 Å². The quantitative estimate of drug-likeness (QED) is 0.352. The molecule has 2 aromatic carbocycles. The molecule has 2 aliphatic heterocycles. The summed E-state index contributed by atoms with van der Waals surface area (Å²) in [5, 5.41) is 7.25. The van der Waals surface area contributed by atoms with Crippen molar-refractivity contribution in [2.24, 2.45) is 22.7 Å². The summed E-state index contributed by atoms with van der Waals surface area (Å²) < 4.78 is 7.58. The number of aromatic nitrogens is 3. The van der Waals surface area contributed by atoms with Gasteiger partial charge in [-0.1, -0.05) is 74.5 Å². The van der Waals surface area contributed by atoms with Gasteiger partial charge in [-0.25, -0.2) is 4.98 Å². The molecule has 220 valence electrons. The lowest BCUT2D eigenvalue weighted by molar-refractivity contribution is -0.150. The summed E-state index contributed by atoms with van der Waals surface area (Å²) in [6, 6.07) is 19.6. The van der Waals surface area contributed by atoms with Gasteiger partial charge in [0.25, 0.3) is 5.91 Å². The molecule has 7 rings (SSSR count). The van der Waals surface area contributed by atoms with Gasteiger partial charge in [-0.05, 0) is 17.4 Å². The highest BCUT2D eigenvalue weighted by atomic mass is 16.4. The first-order valence-electron chi connectivity index (χ1n) is 14.7. The van der Waals surface area contributed by atoms with Crippen molar-refractivity contribution < 1.29 is 18.8 Å². The molecule has 1 unspecified atom stereocenters. The van der Waals surface area contributed by atoms with E-state index in [1.165, 1.54) is 0 Å². The molecule has 2 atom stereocenters. The first-order chi connectivity index (χ1) is 20.7. The molecule has 0 radical (unpaired) electrons. The molecule has 4 heterocycles. The molecular formula is C33H34N6O4. The van der Waals surface area contributed by atoms with Gasteiger partial charge in [-0.2, -0.15) is 5.10 Å². The fourth-order valence-electron chi connectivity index (χ4n) is 6.56. The molecule has 1 spiro atoms. The minimum absolute atomic E-state index is 0.0234. The highest BCUT2D eigenvalue weighted by molar-refractivity contribution is 5.97. The van der Waals surface area contributed by atoms with Crippen molar-refractivity contribution in [3.63, 3.8) is 0 Å². The molecule has 43 heavy (non-hydrogen) atoms. The zero-order valence-electron chi connectivity index (χ0n) is 24.3. The van der Waals surface area contributed by atoms with Crippen LogP contribution in [0, 0.1) is 22.7 Å². The highest BCUT2D eigenvalue weighted by Gasteiger charge is 2.62. The van der Waals surface area contributed by atoms with Crippen LogP contribution in [0.15, 0.2) is 83.7 Å². The standard InChI is InChI=1S/C33H34N6O4/c1-32(2)13-25(32)30(42)38-20-33(21-38)19-37(29(41)24-14-35-39(17-24)16-22-9-5-3-6-10-22)18-26(33)28(40)36-31-34-15-27(43-31)23-11-7-4-8-12-23/h3-12,14-15,17,25-26H,13,16,18-21H2,1-2H3,(H,34,36,40)/t25-,26?/m1/s1. The van der Waals surface area contributed by atoms with E-state index in [-0.39, 0.29) is 41.6 Å². The number of hydrogen-bond acceptors (Lipinski definition) is 6. The fourth-order valence-corrected chi connectivity index (χ4v) is 6.56. The molecule has 1 aliphatic carbocycles. The van der Waals surface area contributed by atoms with E-state index in [4.69, 9.17) is 4.42 Å². The molecule has 0 bridgehead atoms. The van der Waals surface area contributed by atoms with E-state index in [9.17, 15) is 14.4 Å². The normalized spacial score (nSPS) is 21.4. The number of benzene rings is 2. The van der Waals surface area contributed by atoms with Crippen molar-refractivity contribution in [2.45, 2.75) is 26.8 Å². The van der Waals surface area contributed by atoms with Crippen LogP contribution in [0.1, 0.15) is 36.2 Å². The summed E-state index contributed by atoms with van der Waals surface area (Å²) in [5.74, 6) is -0.259. The van der Waals surface area contributed by atoms with Crippen molar-refractivity contribution in [1.29, 1.82) is 0 Å². The summed E-state index contributed by atoms with van der Waals surface area (Å²) in [6.07, 6.45) is 5.79. The van der Waals surface area contributed by atoms with Crippen LogP contribution in [0.4, 0.5) is 6.01 Å². The minimum atomic E-state index is -0.538. The molecule has 2 saturated heterocycles. The number of amides is 3. The van der Waals surface area contributed by atoms with Gasteiger partial charge < -0.3 is 14.2 Å². The Morgan fingerprint density at radius 3 is 2.30 bits per heavy atom. The summed E-state index contributed by atoms with van der Waals surface area (Å²) in [4.78, 5) is 48.4. The summed E-state index contributed by atoms with van der Waals surface area (Å²) in [7, 11) is 0. The van der Waals surface area contributed by atoms with Crippen molar-refractivity contribution in [2.75, 3.05) is 31.5 Å². The fraction of sp³-hybridized carbons (Fsp3) is 0.364. The van der Waals surface area contributed by atoms with Gasteiger partial charge >= 0.3 is 6.01 Å². The van der Waals surface area contributed by atoms with Crippen molar-refractivity contribution >= 4 is 23.7 Å². The number of anilines is 1. The zero-order chi connectivity index (χ0) is 29.8. The van der Waals surface area contributed by atoms with Crippen LogP contribution in [0.2, 0.25) is 0 Å². The number of hydrogen-bond donors (Lipinski definition) is 1. The van der Waals surface area contributed by atoms with E-state index in [1.54, 1.807) is 28.2 Å². The van der Waals surface area contributed by atoms with E-state index in [0.717, 1.165) is 17.5 Å². The summed E-state index contributed by atoms with van der Waals surface area (Å²) in [6.45, 7) is 6.26. The Balaban J connectivity index is 1.08. The van der Waals surface area contributed by atoms with Gasteiger partial charge in [0.05, 0.1) is 30.4 Å². The van der Waals surface area contributed by atoms with Crippen molar-refractivity contribution in [3.05, 3.63) is 90.4 Å². The van der Waals surface area contributed by atoms with Gasteiger partial charge in [0.1, 0.15) is 0 Å². The van der Waals surface area contributed by atoms with Crippen molar-refractivity contribution in [3.8, 4) is 11.3 Å². The van der Waals surface area contributed by atoms with Gasteiger partial charge in [-0.3, -0.25) is 24.4 Å². The molecule has 1 N–H and O–H groups in total. The van der Waals surface area contributed by atoms with E-state index in [1.807, 2.05) is 65.6 Å². The molecule has 3 fully saturated rings. The monoisotopic (exact) mass is 578 g/mol. The molecule has 4 aromatic rings. The maximum atomic E-state index is 13.7. The number of nitrogens with one attached hydrogen (secondary N) is 1. The number of oxazole rings is 1. The second kappa shape index (κ2) is 10.2. The Bertz CT molecular complexity index is 1670. The maximum Gasteiger partial charge on any atom is 0.301 e. The van der Waals surface area contributed by atoms with Gasteiger partial charge in [0, 0.05) is 49.3 Å². The van der Waals surface area contributed by atoms with Crippen LogP contribution < -0.4 is 5.32 Å². The Morgan fingerprint density at radius 1 is 0.930 bits per heavy atom. The maximum absolute atomic E-state index is 13.7. The van der Waals surface area contributed by atoms with E-state index >= 15 is 0 Å². The van der Waals surface area contributed by atoms with Crippen LogP contribution in [0.3, 0.4) is 0 Å². The summed E-state index contributed by atoms with van der Waals surface area (Å²) >= 11 is 0. The smallest absolute Gasteiger partial charge is 0.301 e. The molecule has 10 heteroatoms. The largest absolute Gasteiger partial charge is 0.423 e. The Labute approximate surface area is 249 Å². The molecular weight excluding hydrogens is 544 g/mol. The number of likely N-dealkylation sites (tertiary alicyclic amines) is 2. The molecule has 10 nitrogen and oxygen atoms in total. The lowest BCUT2D eigenvalue weighted by atomic mass is 9.71. The van der Waals surface area contributed by atoms with Crippen LogP contribution in [0.5, 0.6) is 0 Å². The van der Waals surface area contributed by atoms with E-state index < -0.39 is 11.3 Å². The SMILES string of the molecule is CC1(C)C[C@@H]1C(=O)N1CC2(CN(C(=O)c3cnn(Cc4ccccc4)c3)CC2C(=O)Nc2ncc(-c3ccccc3)o2)C1. The van der Waals surface area contributed by atoms with E-state index in [0.29, 0.717) is 37.5 Å². The second-order valence-corrected chi connectivity index (χ2v) is 12.8. The topological polar surface area (TPSA) is 114 Å². The molecule has 3 amide bonds. The van der Waals surface area contributed by atoms with Crippen LogP contribution in [-0.4, -0.2) is 68.5 Å². The van der Waals surface area contributed by atoms with E-state index in [2.05, 4.69) is 29.2 Å². The third kappa shape index (κ3) is 5.11. The second-order valence-electron chi connectivity index (χ2n) is 12.8. The third-order valence-electron chi connectivity index (χ3n) is 9.25. The molecule has 3 aliphatic rings. The first-order valence-corrected chi connectivity index (χ1v) is 14.7. The van der Waals surface area contributed by atoms with Gasteiger partial charge in [-0.15, -0.1) is 0 Å². The highest BCUT2D eigenvalue weighted by Crippen LogP contribution is 2.54. The molecule has 1 saturated carbocycles. The first kappa shape index (κ1) is 27.1. The number of carbonyl (C=O) groups is 3. The molecule has 2 aromatic heterocycles. The zero-order valence-corrected chi connectivity index (χ0v) is 24.3. The average molecular weight is 579 g/mol. The Hall–Kier alpha value is -4.73. The predicted molar refractivity (Wildman–Crippen MR) is 159 cm³/mol.